The van der Waals surface area contributed by atoms with Gasteiger partial charge in [0, 0.05) is 12.1 Å². The molecule has 5 N–H and O–H groups in total. The van der Waals surface area contributed by atoms with Crippen molar-refractivity contribution in [1.82, 2.24) is 5.32 Å². The highest BCUT2D eigenvalue weighted by molar-refractivity contribution is 5.98. The molecule has 0 fully saturated rings. The third-order valence-corrected chi connectivity index (χ3v) is 2.98. The van der Waals surface area contributed by atoms with Crippen molar-refractivity contribution in [3.8, 4) is 0 Å². The number of amides is 1. The Kier molecular flexibility index (Phi) is 3.42. The van der Waals surface area contributed by atoms with Crippen molar-refractivity contribution in [3.63, 3.8) is 0 Å². The van der Waals surface area contributed by atoms with Gasteiger partial charge < -0.3 is 21.3 Å². The maximum absolute atomic E-state index is 11.3. The number of rotatable bonds is 4. The first-order valence-corrected chi connectivity index (χ1v) is 5.60. The average molecular weight is 236 g/mol. The standard InChI is InChI=1S/C12H16N2O3/c13-4-3-10(15)11(16)7-1-2-9-8(5-7)6-14-12(9)17/h1-2,5,10-11,15-16H,3-4,6,13H2,(H,14,17). The van der Waals surface area contributed by atoms with Gasteiger partial charge in [0.15, 0.2) is 0 Å². The second kappa shape index (κ2) is 4.83. The summed E-state index contributed by atoms with van der Waals surface area (Å²) in [5.74, 6) is -0.0939. The first kappa shape index (κ1) is 12.0. The zero-order valence-electron chi connectivity index (χ0n) is 9.39. The van der Waals surface area contributed by atoms with E-state index in [1.807, 2.05) is 0 Å². The molecule has 0 spiro atoms. The summed E-state index contributed by atoms with van der Waals surface area (Å²) in [6, 6.07) is 5.08. The number of fused-ring (bicyclic) bond motifs is 1. The number of hydrogen-bond donors (Lipinski definition) is 4. The van der Waals surface area contributed by atoms with E-state index in [1.54, 1.807) is 18.2 Å². The molecule has 0 aromatic heterocycles. The third kappa shape index (κ3) is 2.31. The highest BCUT2D eigenvalue weighted by Crippen LogP contribution is 2.24. The molecular weight excluding hydrogens is 220 g/mol. The van der Waals surface area contributed by atoms with E-state index in [1.165, 1.54) is 0 Å². The number of carbonyl (C=O) groups is 1. The van der Waals surface area contributed by atoms with Crippen LogP contribution in [-0.4, -0.2) is 28.8 Å². The van der Waals surface area contributed by atoms with Gasteiger partial charge in [-0.3, -0.25) is 4.79 Å². The van der Waals surface area contributed by atoms with Crippen molar-refractivity contribution in [2.45, 2.75) is 25.2 Å². The molecule has 0 aliphatic carbocycles. The van der Waals surface area contributed by atoms with Gasteiger partial charge in [0.2, 0.25) is 0 Å². The number of aliphatic hydroxyl groups is 2. The first-order chi connectivity index (χ1) is 8.13. The van der Waals surface area contributed by atoms with Crippen LogP contribution in [0, 0.1) is 0 Å². The van der Waals surface area contributed by atoms with Gasteiger partial charge in [-0.05, 0) is 30.2 Å². The molecule has 0 radical (unpaired) electrons. The van der Waals surface area contributed by atoms with Crippen LogP contribution in [0.4, 0.5) is 0 Å². The van der Waals surface area contributed by atoms with Gasteiger partial charge in [0.1, 0.15) is 6.10 Å². The van der Waals surface area contributed by atoms with Crippen LogP contribution in [0.25, 0.3) is 0 Å². The summed E-state index contributed by atoms with van der Waals surface area (Å²) in [6.45, 7) is 0.797. The van der Waals surface area contributed by atoms with Crippen molar-refractivity contribution >= 4 is 5.91 Å². The Hall–Kier alpha value is -1.43. The van der Waals surface area contributed by atoms with Gasteiger partial charge in [-0.25, -0.2) is 0 Å². The summed E-state index contributed by atoms with van der Waals surface area (Å²) in [6.07, 6.45) is -1.49. The molecule has 1 amide bonds. The molecule has 0 saturated carbocycles. The number of nitrogens with one attached hydrogen (secondary N) is 1. The Morgan fingerprint density at radius 2 is 2.18 bits per heavy atom. The van der Waals surface area contributed by atoms with E-state index in [2.05, 4.69) is 5.32 Å². The second-order valence-corrected chi connectivity index (χ2v) is 4.19. The smallest absolute Gasteiger partial charge is 0.251 e. The number of hydrogen-bond acceptors (Lipinski definition) is 4. The Morgan fingerprint density at radius 3 is 2.88 bits per heavy atom. The summed E-state index contributed by atoms with van der Waals surface area (Å²) < 4.78 is 0. The monoisotopic (exact) mass is 236 g/mol. The minimum Gasteiger partial charge on any atom is -0.390 e. The van der Waals surface area contributed by atoms with E-state index in [0.717, 1.165) is 5.56 Å². The van der Waals surface area contributed by atoms with Crippen molar-refractivity contribution < 1.29 is 15.0 Å². The van der Waals surface area contributed by atoms with Crippen molar-refractivity contribution in [2.75, 3.05) is 6.54 Å². The van der Waals surface area contributed by atoms with E-state index in [-0.39, 0.29) is 5.91 Å². The lowest BCUT2D eigenvalue weighted by Crippen LogP contribution is -2.21. The zero-order valence-corrected chi connectivity index (χ0v) is 9.39. The fourth-order valence-electron chi connectivity index (χ4n) is 1.99. The molecule has 0 bridgehead atoms. The molecular formula is C12H16N2O3. The minimum atomic E-state index is -0.959. The number of nitrogens with two attached hydrogens (primary N) is 1. The summed E-state index contributed by atoms with van der Waals surface area (Å²) in [4.78, 5) is 11.3. The minimum absolute atomic E-state index is 0.0939. The van der Waals surface area contributed by atoms with Crippen LogP contribution in [0.3, 0.4) is 0 Å². The maximum atomic E-state index is 11.3. The average Bonchev–Trinajstić information content (AvgIpc) is 2.70. The Bertz CT molecular complexity index is 434. The van der Waals surface area contributed by atoms with Gasteiger partial charge in [0.05, 0.1) is 6.10 Å². The van der Waals surface area contributed by atoms with E-state index in [0.29, 0.717) is 30.6 Å². The molecule has 1 aromatic rings. The summed E-state index contributed by atoms with van der Waals surface area (Å²) >= 11 is 0. The van der Waals surface area contributed by atoms with Gasteiger partial charge in [-0.2, -0.15) is 0 Å². The number of benzene rings is 1. The molecule has 5 heteroatoms. The fourth-order valence-corrected chi connectivity index (χ4v) is 1.99. The Balaban J connectivity index is 2.20. The van der Waals surface area contributed by atoms with Crippen molar-refractivity contribution in [3.05, 3.63) is 34.9 Å². The topological polar surface area (TPSA) is 95.6 Å². The summed E-state index contributed by atoms with van der Waals surface area (Å²) in [5.41, 5.74) is 7.43. The van der Waals surface area contributed by atoms with Crippen molar-refractivity contribution in [2.24, 2.45) is 5.73 Å². The van der Waals surface area contributed by atoms with Crippen LogP contribution in [0.15, 0.2) is 18.2 Å². The molecule has 1 aliphatic rings. The van der Waals surface area contributed by atoms with Crippen molar-refractivity contribution in [1.29, 1.82) is 0 Å². The Morgan fingerprint density at radius 1 is 1.41 bits per heavy atom. The van der Waals surface area contributed by atoms with Gasteiger partial charge in [-0.15, -0.1) is 0 Å². The van der Waals surface area contributed by atoms with Crippen LogP contribution >= 0.6 is 0 Å². The van der Waals surface area contributed by atoms with E-state index < -0.39 is 12.2 Å². The molecule has 2 atom stereocenters. The lowest BCUT2D eigenvalue weighted by atomic mass is 9.98. The maximum Gasteiger partial charge on any atom is 0.251 e. The Labute approximate surface area is 99.3 Å². The number of aliphatic hydroxyl groups excluding tert-OH is 2. The molecule has 1 aliphatic heterocycles. The zero-order chi connectivity index (χ0) is 12.4. The highest BCUT2D eigenvalue weighted by atomic mass is 16.3. The molecule has 0 saturated heterocycles. The molecule has 2 unspecified atom stereocenters. The highest BCUT2D eigenvalue weighted by Gasteiger charge is 2.22. The quantitative estimate of drug-likeness (QED) is 0.576. The molecule has 92 valence electrons. The normalized spacial score (nSPS) is 17.5. The van der Waals surface area contributed by atoms with Crippen LogP contribution in [0.1, 0.15) is 34.0 Å². The van der Waals surface area contributed by atoms with Crippen LogP contribution in [-0.2, 0) is 6.54 Å². The SMILES string of the molecule is NCCC(O)C(O)c1ccc2c(c1)CNC2=O. The van der Waals surface area contributed by atoms with Crippen LogP contribution < -0.4 is 11.1 Å². The molecule has 5 nitrogen and oxygen atoms in total. The molecule has 17 heavy (non-hydrogen) atoms. The number of carbonyl (C=O) groups excluding carboxylic acids is 1. The lowest BCUT2D eigenvalue weighted by Gasteiger charge is -2.17. The molecule has 1 heterocycles. The van der Waals surface area contributed by atoms with E-state index in [9.17, 15) is 15.0 Å². The van der Waals surface area contributed by atoms with Gasteiger partial charge in [0.25, 0.3) is 5.91 Å². The predicted molar refractivity (Wildman–Crippen MR) is 62.3 cm³/mol. The first-order valence-electron chi connectivity index (χ1n) is 5.60. The molecule has 2 rings (SSSR count). The fraction of sp³-hybridized carbons (Fsp3) is 0.417. The van der Waals surface area contributed by atoms with E-state index >= 15 is 0 Å². The predicted octanol–water partition coefficient (Wildman–Crippen LogP) is -0.327. The summed E-state index contributed by atoms with van der Waals surface area (Å²) in [7, 11) is 0. The lowest BCUT2D eigenvalue weighted by molar-refractivity contribution is 0.0150. The largest absolute Gasteiger partial charge is 0.390 e. The van der Waals surface area contributed by atoms with Crippen LogP contribution in [0.2, 0.25) is 0 Å². The summed E-state index contributed by atoms with van der Waals surface area (Å²) in [5, 5.41) is 22.3. The molecule has 1 aromatic carbocycles. The third-order valence-electron chi connectivity index (χ3n) is 2.98. The second-order valence-electron chi connectivity index (χ2n) is 4.19. The van der Waals surface area contributed by atoms with E-state index in [4.69, 9.17) is 5.73 Å². The van der Waals surface area contributed by atoms with Gasteiger partial charge in [-0.1, -0.05) is 12.1 Å². The van der Waals surface area contributed by atoms with Crippen LogP contribution in [0.5, 0.6) is 0 Å². The van der Waals surface area contributed by atoms with Gasteiger partial charge >= 0.3 is 0 Å².